The fourth-order valence-electron chi connectivity index (χ4n) is 6.47. The van der Waals surface area contributed by atoms with E-state index in [0.717, 1.165) is 51.0 Å². The van der Waals surface area contributed by atoms with Crippen LogP contribution >= 0.6 is 22.9 Å². The van der Waals surface area contributed by atoms with Gasteiger partial charge in [-0.25, -0.2) is 15.0 Å². The molecular formula is C16H17ClN4S. The van der Waals surface area contributed by atoms with Crippen LogP contribution in [0.2, 0.25) is 5.15 Å². The monoisotopic (exact) mass is 332 g/mol. The van der Waals surface area contributed by atoms with E-state index in [4.69, 9.17) is 11.6 Å². The van der Waals surface area contributed by atoms with Crippen LogP contribution in [-0.4, -0.2) is 21.0 Å². The van der Waals surface area contributed by atoms with E-state index in [0.29, 0.717) is 11.2 Å². The maximum Gasteiger partial charge on any atom is 0.185 e. The van der Waals surface area contributed by atoms with Crippen LogP contribution in [0.1, 0.15) is 25.7 Å². The molecule has 4 nitrogen and oxygen atoms in total. The summed E-state index contributed by atoms with van der Waals surface area (Å²) in [4.78, 5) is 13.9. The smallest absolute Gasteiger partial charge is 0.185 e. The number of fused-ring (bicyclic) bond motifs is 1. The first-order chi connectivity index (χ1) is 10.8. The fraction of sp³-hybridized carbons (Fsp3) is 0.688. The van der Waals surface area contributed by atoms with Crippen molar-refractivity contribution in [3.63, 3.8) is 0 Å². The average Bonchev–Trinajstić information content (AvgIpc) is 3.10. The Kier molecular flexibility index (Phi) is 2.34. The van der Waals surface area contributed by atoms with E-state index in [9.17, 15) is 0 Å². The lowest BCUT2D eigenvalue weighted by atomic mass is 9.60. The van der Waals surface area contributed by atoms with Gasteiger partial charge in [0.1, 0.15) is 16.7 Å². The number of anilines is 1. The highest BCUT2D eigenvalue weighted by atomic mass is 35.5. The van der Waals surface area contributed by atoms with Crippen molar-refractivity contribution in [3.8, 4) is 0 Å². The zero-order chi connectivity index (χ0) is 14.4. The van der Waals surface area contributed by atoms with Crippen molar-refractivity contribution in [1.29, 1.82) is 0 Å². The molecule has 0 amide bonds. The fourth-order valence-corrected chi connectivity index (χ4v) is 7.56. The Morgan fingerprint density at radius 2 is 2.00 bits per heavy atom. The third kappa shape index (κ3) is 1.47. The summed E-state index contributed by atoms with van der Waals surface area (Å²) in [7, 11) is 0. The zero-order valence-corrected chi connectivity index (χ0v) is 13.6. The summed E-state index contributed by atoms with van der Waals surface area (Å²) >= 11 is 7.74. The number of nitrogens with zero attached hydrogens (tertiary/aromatic N) is 3. The van der Waals surface area contributed by atoms with Crippen molar-refractivity contribution in [1.82, 2.24) is 15.0 Å². The quantitative estimate of drug-likeness (QED) is 0.849. The normalized spacial score (nSPS) is 44.3. The first-order valence-corrected chi connectivity index (χ1v) is 9.51. The maximum absolute atomic E-state index is 6.13. The summed E-state index contributed by atoms with van der Waals surface area (Å²) < 4.78 is 0. The molecule has 5 fully saturated rings. The Morgan fingerprint density at radius 1 is 1.09 bits per heavy atom. The first kappa shape index (κ1) is 12.5. The van der Waals surface area contributed by atoms with Crippen molar-refractivity contribution < 1.29 is 0 Å². The van der Waals surface area contributed by atoms with Gasteiger partial charge < -0.3 is 5.32 Å². The van der Waals surface area contributed by atoms with E-state index in [1.807, 2.05) is 0 Å². The molecule has 0 aromatic carbocycles. The molecule has 2 aromatic rings. The number of aromatic nitrogens is 3. The molecule has 0 saturated heterocycles. The van der Waals surface area contributed by atoms with E-state index in [1.54, 1.807) is 11.3 Å². The molecule has 6 heteroatoms. The lowest BCUT2D eigenvalue weighted by Gasteiger charge is -2.46. The predicted molar refractivity (Wildman–Crippen MR) is 87.0 cm³/mol. The summed E-state index contributed by atoms with van der Waals surface area (Å²) in [6, 6.07) is 0.629. The minimum Gasteiger partial charge on any atom is -0.358 e. The highest BCUT2D eigenvalue weighted by Gasteiger charge is 2.64. The molecule has 5 aliphatic carbocycles. The van der Waals surface area contributed by atoms with Crippen molar-refractivity contribution >= 4 is 38.4 Å². The largest absolute Gasteiger partial charge is 0.358 e. The van der Waals surface area contributed by atoms with Crippen LogP contribution in [0.15, 0.2) is 6.33 Å². The molecule has 5 saturated carbocycles. The van der Waals surface area contributed by atoms with Gasteiger partial charge in [0.05, 0.1) is 0 Å². The minimum atomic E-state index is 0.460. The van der Waals surface area contributed by atoms with Crippen molar-refractivity contribution in [2.75, 3.05) is 5.32 Å². The molecule has 1 N–H and O–H groups in total. The molecule has 0 aliphatic heterocycles. The number of halogens is 1. The maximum atomic E-state index is 6.13. The average molecular weight is 333 g/mol. The second-order valence-electron chi connectivity index (χ2n) is 7.65. The number of hydrogen-bond acceptors (Lipinski definition) is 5. The molecule has 0 radical (unpaired) electrons. The second-order valence-corrected chi connectivity index (χ2v) is 8.98. The highest BCUT2D eigenvalue weighted by Crippen LogP contribution is 2.68. The standard InChI is InChI=1S/C16H17ClN4S/c17-14-13-15(19-5-18-14)22-16(21-13)20-12-9-4-7-1-6-2-8(9)11(7)10(12)3-6/h5-12H,1-4H2,(H,20,21)/t6?,7?,8?,9?,10?,11-,12?/m0/s1. The van der Waals surface area contributed by atoms with Crippen molar-refractivity contribution in [3.05, 3.63) is 11.5 Å². The number of nitrogens with one attached hydrogen (secondary N) is 1. The third-order valence-corrected chi connectivity index (χ3v) is 8.04. The molecule has 7 rings (SSSR count). The van der Waals surface area contributed by atoms with Gasteiger partial charge in [0.2, 0.25) is 0 Å². The van der Waals surface area contributed by atoms with Gasteiger partial charge in [0.15, 0.2) is 10.3 Å². The van der Waals surface area contributed by atoms with Crippen LogP contribution in [0.4, 0.5) is 5.13 Å². The van der Waals surface area contributed by atoms with E-state index in [1.165, 1.54) is 32.0 Å². The summed E-state index contributed by atoms with van der Waals surface area (Å²) in [5.74, 6) is 5.82. The number of rotatable bonds is 2. The highest BCUT2D eigenvalue weighted by molar-refractivity contribution is 7.21. The van der Waals surface area contributed by atoms with Gasteiger partial charge in [-0.1, -0.05) is 22.9 Å². The zero-order valence-electron chi connectivity index (χ0n) is 12.1. The van der Waals surface area contributed by atoms with E-state index < -0.39 is 0 Å². The van der Waals surface area contributed by atoms with Crippen LogP contribution in [-0.2, 0) is 0 Å². The number of hydrogen-bond donors (Lipinski definition) is 1. The van der Waals surface area contributed by atoms with Crippen LogP contribution in [0.5, 0.6) is 0 Å². The Morgan fingerprint density at radius 3 is 2.86 bits per heavy atom. The molecule has 2 heterocycles. The lowest BCUT2D eigenvalue weighted by molar-refractivity contribution is 0.0454. The first-order valence-electron chi connectivity index (χ1n) is 8.31. The van der Waals surface area contributed by atoms with Gasteiger partial charge >= 0.3 is 0 Å². The molecular weight excluding hydrogens is 316 g/mol. The molecule has 114 valence electrons. The van der Waals surface area contributed by atoms with Gasteiger partial charge in [-0.15, -0.1) is 0 Å². The Bertz CT molecular complexity index is 773. The molecule has 22 heavy (non-hydrogen) atoms. The molecule has 7 atom stereocenters. The van der Waals surface area contributed by atoms with Gasteiger partial charge in [0.25, 0.3) is 0 Å². The van der Waals surface area contributed by atoms with Gasteiger partial charge in [-0.2, -0.15) is 0 Å². The Balaban J connectivity index is 1.36. The number of thiazole rings is 1. The van der Waals surface area contributed by atoms with Crippen molar-refractivity contribution in [2.24, 2.45) is 35.5 Å². The van der Waals surface area contributed by atoms with E-state index in [-0.39, 0.29) is 0 Å². The van der Waals surface area contributed by atoms with Crippen molar-refractivity contribution in [2.45, 2.75) is 31.7 Å². The summed E-state index contributed by atoms with van der Waals surface area (Å²) in [6.45, 7) is 0. The van der Waals surface area contributed by atoms with Crippen LogP contribution in [0.25, 0.3) is 10.3 Å². The van der Waals surface area contributed by atoms with Crippen LogP contribution in [0.3, 0.4) is 0 Å². The second kappa shape index (κ2) is 4.12. The Labute approximate surface area is 137 Å². The van der Waals surface area contributed by atoms with Gasteiger partial charge in [-0.05, 0) is 61.2 Å². The summed E-state index contributed by atoms with van der Waals surface area (Å²) in [6.07, 6.45) is 7.43. The molecule has 6 unspecified atom stereocenters. The Hall–Kier alpha value is -0.940. The molecule has 5 aliphatic rings. The summed E-state index contributed by atoms with van der Waals surface area (Å²) in [5.41, 5.74) is 0.741. The lowest BCUT2D eigenvalue weighted by Crippen LogP contribution is -2.43. The molecule has 2 aromatic heterocycles. The topological polar surface area (TPSA) is 50.7 Å². The molecule has 0 spiro atoms. The van der Waals surface area contributed by atoms with E-state index in [2.05, 4.69) is 20.3 Å². The van der Waals surface area contributed by atoms with Crippen LogP contribution < -0.4 is 5.32 Å². The van der Waals surface area contributed by atoms with Crippen LogP contribution in [0, 0.1) is 35.5 Å². The molecule has 6 bridgehead atoms. The van der Waals surface area contributed by atoms with E-state index >= 15 is 0 Å². The SMILES string of the molecule is Clc1ncnc2sc(NC3C4CC5CC6CC4[C@H]5C3C6)nc12. The van der Waals surface area contributed by atoms with Gasteiger partial charge in [-0.3, -0.25) is 0 Å². The van der Waals surface area contributed by atoms with Gasteiger partial charge in [0, 0.05) is 6.04 Å². The minimum absolute atomic E-state index is 0.460. The third-order valence-electron chi connectivity index (χ3n) is 6.87. The summed E-state index contributed by atoms with van der Waals surface area (Å²) in [5, 5.41) is 5.22. The predicted octanol–water partition coefficient (Wildman–Crippen LogP) is 3.83.